The highest BCUT2D eigenvalue weighted by molar-refractivity contribution is 5.93. The monoisotopic (exact) mass is 319 g/mol. The van der Waals surface area contributed by atoms with E-state index in [1.54, 1.807) is 24.3 Å². The minimum absolute atomic E-state index is 0.202. The molecule has 0 saturated heterocycles. The van der Waals surface area contributed by atoms with Crippen LogP contribution < -0.4 is 16.4 Å². The number of halogens is 2. The molecule has 0 aromatic heterocycles. The average molecular weight is 319 g/mol. The normalized spacial score (nSPS) is 11.6. The topological polar surface area (TPSA) is 84.2 Å². The third-order valence-corrected chi connectivity index (χ3v) is 3.11. The molecule has 3 amide bonds. The Bertz CT molecular complexity index is 708. The summed E-state index contributed by atoms with van der Waals surface area (Å²) in [6.07, 6.45) is 0.204. The first kappa shape index (κ1) is 16.4. The molecule has 2 aromatic carbocycles. The molecule has 1 atom stereocenters. The van der Waals surface area contributed by atoms with Gasteiger partial charge in [-0.3, -0.25) is 4.79 Å². The van der Waals surface area contributed by atoms with Gasteiger partial charge in [0.25, 0.3) is 0 Å². The van der Waals surface area contributed by atoms with Gasteiger partial charge in [-0.1, -0.05) is 30.3 Å². The maximum Gasteiger partial charge on any atom is 0.319 e. The Hall–Kier alpha value is -2.96. The highest BCUT2D eigenvalue weighted by atomic mass is 19.1. The van der Waals surface area contributed by atoms with E-state index in [1.165, 1.54) is 0 Å². The highest BCUT2D eigenvalue weighted by Gasteiger charge is 2.19. The molecule has 0 aliphatic carbocycles. The SMILES string of the molecule is NC(=O)C(Cc1ccccc1)NC(=O)Nc1ccc(F)cc1F. The van der Waals surface area contributed by atoms with E-state index in [2.05, 4.69) is 10.6 Å². The number of amides is 3. The summed E-state index contributed by atoms with van der Waals surface area (Å²) >= 11 is 0. The molecule has 0 radical (unpaired) electrons. The number of primary amides is 1. The van der Waals surface area contributed by atoms with Crippen molar-refractivity contribution in [1.29, 1.82) is 0 Å². The predicted octanol–water partition coefficient (Wildman–Crippen LogP) is 2.18. The van der Waals surface area contributed by atoms with Gasteiger partial charge in [0.2, 0.25) is 5.91 Å². The van der Waals surface area contributed by atoms with E-state index in [0.717, 1.165) is 17.7 Å². The van der Waals surface area contributed by atoms with Crippen LogP contribution in [0.5, 0.6) is 0 Å². The van der Waals surface area contributed by atoms with Gasteiger partial charge in [0.1, 0.15) is 17.7 Å². The first-order chi connectivity index (χ1) is 11.0. The first-order valence-corrected chi connectivity index (χ1v) is 6.81. The summed E-state index contributed by atoms with van der Waals surface area (Å²) < 4.78 is 26.3. The fraction of sp³-hybridized carbons (Fsp3) is 0.125. The molecular weight excluding hydrogens is 304 g/mol. The highest BCUT2D eigenvalue weighted by Crippen LogP contribution is 2.14. The summed E-state index contributed by atoms with van der Waals surface area (Å²) in [7, 11) is 0. The molecule has 4 N–H and O–H groups in total. The fourth-order valence-corrected chi connectivity index (χ4v) is 1.98. The van der Waals surface area contributed by atoms with Crippen molar-refractivity contribution >= 4 is 17.6 Å². The Morgan fingerprint density at radius 1 is 1.09 bits per heavy atom. The zero-order chi connectivity index (χ0) is 16.8. The fourth-order valence-electron chi connectivity index (χ4n) is 1.98. The van der Waals surface area contributed by atoms with Crippen molar-refractivity contribution in [2.45, 2.75) is 12.5 Å². The summed E-state index contributed by atoms with van der Waals surface area (Å²) in [6, 6.07) is 9.95. The third-order valence-electron chi connectivity index (χ3n) is 3.11. The molecule has 120 valence electrons. The summed E-state index contributed by atoms with van der Waals surface area (Å²) in [5, 5.41) is 4.58. The lowest BCUT2D eigenvalue weighted by atomic mass is 10.1. The quantitative estimate of drug-likeness (QED) is 0.789. The van der Waals surface area contributed by atoms with Gasteiger partial charge in [-0.15, -0.1) is 0 Å². The van der Waals surface area contributed by atoms with Crippen molar-refractivity contribution < 1.29 is 18.4 Å². The molecule has 2 rings (SSSR count). The van der Waals surface area contributed by atoms with E-state index >= 15 is 0 Å². The molecule has 7 heteroatoms. The molecule has 0 aliphatic rings. The van der Waals surface area contributed by atoms with Crippen LogP contribution in [0.4, 0.5) is 19.3 Å². The Morgan fingerprint density at radius 2 is 1.78 bits per heavy atom. The smallest absolute Gasteiger partial charge is 0.319 e. The lowest BCUT2D eigenvalue weighted by molar-refractivity contribution is -0.119. The van der Waals surface area contributed by atoms with Crippen LogP contribution in [0.2, 0.25) is 0 Å². The first-order valence-electron chi connectivity index (χ1n) is 6.81. The van der Waals surface area contributed by atoms with Gasteiger partial charge in [0, 0.05) is 12.5 Å². The van der Waals surface area contributed by atoms with Crippen LogP contribution in [-0.4, -0.2) is 18.0 Å². The van der Waals surface area contributed by atoms with E-state index in [1.807, 2.05) is 6.07 Å². The zero-order valence-electron chi connectivity index (χ0n) is 12.1. The van der Waals surface area contributed by atoms with Gasteiger partial charge in [0.15, 0.2) is 0 Å². The molecule has 0 saturated carbocycles. The van der Waals surface area contributed by atoms with Gasteiger partial charge in [-0.05, 0) is 17.7 Å². The van der Waals surface area contributed by atoms with Gasteiger partial charge < -0.3 is 16.4 Å². The number of nitrogens with two attached hydrogens (primary N) is 1. The van der Waals surface area contributed by atoms with E-state index in [9.17, 15) is 18.4 Å². The van der Waals surface area contributed by atoms with Gasteiger partial charge >= 0.3 is 6.03 Å². The van der Waals surface area contributed by atoms with Crippen LogP contribution in [0, 0.1) is 11.6 Å². The summed E-state index contributed by atoms with van der Waals surface area (Å²) in [4.78, 5) is 23.3. The number of hydrogen-bond donors (Lipinski definition) is 3. The maximum absolute atomic E-state index is 13.5. The molecule has 23 heavy (non-hydrogen) atoms. The van der Waals surface area contributed by atoms with Crippen LogP contribution in [-0.2, 0) is 11.2 Å². The van der Waals surface area contributed by atoms with E-state index in [4.69, 9.17) is 5.73 Å². The Labute approximate surface area is 131 Å². The van der Waals surface area contributed by atoms with Crippen molar-refractivity contribution in [2.75, 3.05) is 5.32 Å². The summed E-state index contributed by atoms with van der Waals surface area (Å²) in [5.74, 6) is -2.39. The summed E-state index contributed by atoms with van der Waals surface area (Å²) in [5.41, 5.74) is 5.88. The number of carbonyl (C=O) groups is 2. The number of rotatable bonds is 5. The lowest BCUT2D eigenvalue weighted by Crippen LogP contribution is -2.47. The Balaban J connectivity index is 2.02. The molecule has 0 fully saturated rings. The van der Waals surface area contributed by atoms with Gasteiger partial charge in [0.05, 0.1) is 5.69 Å². The largest absolute Gasteiger partial charge is 0.368 e. The minimum Gasteiger partial charge on any atom is -0.368 e. The van der Waals surface area contributed by atoms with Crippen LogP contribution in [0.25, 0.3) is 0 Å². The van der Waals surface area contributed by atoms with E-state index < -0.39 is 29.6 Å². The third kappa shape index (κ3) is 4.77. The van der Waals surface area contributed by atoms with Crippen LogP contribution >= 0.6 is 0 Å². The van der Waals surface area contributed by atoms with Crippen molar-refractivity contribution in [2.24, 2.45) is 5.73 Å². The molecular formula is C16H15F2N3O2. The summed E-state index contributed by atoms with van der Waals surface area (Å²) in [6.45, 7) is 0. The van der Waals surface area contributed by atoms with E-state index in [0.29, 0.717) is 6.07 Å². The molecule has 0 spiro atoms. The molecule has 5 nitrogen and oxygen atoms in total. The van der Waals surface area contributed by atoms with Crippen molar-refractivity contribution in [3.8, 4) is 0 Å². The zero-order valence-corrected chi connectivity index (χ0v) is 12.1. The minimum atomic E-state index is -0.957. The van der Waals surface area contributed by atoms with Crippen molar-refractivity contribution in [1.82, 2.24) is 5.32 Å². The number of urea groups is 1. The number of anilines is 1. The second-order valence-electron chi connectivity index (χ2n) is 4.87. The standard InChI is InChI=1S/C16H15F2N3O2/c17-11-6-7-13(12(18)9-11)20-16(23)21-14(15(19)22)8-10-4-2-1-3-5-10/h1-7,9,14H,8H2,(H2,19,22)(H2,20,21,23). The molecule has 2 aromatic rings. The second-order valence-corrected chi connectivity index (χ2v) is 4.87. The molecule has 0 bridgehead atoms. The molecule has 1 unspecified atom stereocenters. The van der Waals surface area contributed by atoms with Crippen LogP contribution in [0.1, 0.15) is 5.56 Å². The Morgan fingerprint density at radius 3 is 2.39 bits per heavy atom. The van der Waals surface area contributed by atoms with E-state index in [-0.39, 0.29) is 12.1 Å². The number of benzene rings is 2. The maximum atomic E-state index is 13.5. The van der Waals surface area contributed by atoms with Crippen LogP contribution in [0.15, 0.2) is 48.5 Å². The number of nitrogens with one attached hydrogen (secondary N) is 2. The number of hydrogen-bond acceptors (Lipinski definition) is 2. The van der Waals surface area contributed by atoms with Crippen molar-refractivity contribution in [3.05, 3.63) is 65.7 Å². The van der Waals surface area contributed by atoms with Gasteiger partial charge in [-0.25, -0.2) is 13.6 Å². The van der Waals surface area contributed by atoms with Crippen molar-refractivity contribution in [3.63, 3.8) is 0 Å². The average Bonchev–Trinajstić information content (AvgIpc) is 2.50. The van der Waals surface area contributed by atoms with Gasteiger partial charge in [-0.2, -0.15) is 0 Å². The second kappa shape index (κ2) is 7.35. The lowest BCUT2D eigenvalue weighted by Gasteiger charge is -2.16. The molecule has 0 heterocycles. The Kier molecular flexibility index (Phi) is 5.24. The molecule has 0 aliphatic heterocycles. The number of carbonyl (C=O) groups excluding carboxylic acids is 2. The van der Waals surface area contributed by atoms with Crippen LogP contribution in [0.3, 0.4) is 0 Å². The predicted molar refractivity (Wildman–Crippen MR) is 81.6 cm³/mol.